The van der Waals surface area contributed by atoms with Crippen molar-refractivity contribution in [1.82, 2.24) is 4.90 Å². The van der Waals surface area contributed by atoms with E-state index in [2.05, 4.69) is 0 Å². The number of nitrogens with zero attached hydrogens (tertiary/aromatic N) is 1. The number of carbonyl (C=O) groups is 2. The second kappa shape index (κ2) is 7.38. The van der Waals surface area contributed by atoms with Gasteiger partial charge in [-0.2, -0.15) is 0 Å². The molecule has 0 spiro atoms. The summed E-state index contributed by atoms with van der Waals surface area (Å²) < 4.78 is 5.38. The molecule has 1 aliphatic heterocycles. The lowest BCUT2D eigenvalue weighted by molar-refractivity contribution is -0.141. The third-order valence-corrected chi connectivity index (χ3v) is 4.33. The molecule has 0 radical (unpaired) electrons. The first-order chi connectivity index (χ1) is 12.1. The molecule has 3 rings (SSSR count). The van der Waals surface area contributed by atoms with E-state index in [9.17, 15) is 14.7 Å². The SMILES string of the molecule is CCCN(Cc1ccccc1O)C(=O)[C@H]1Cc2ccccc2C(=O)O1. The smallest absolute Gasteiger partial charge is 0.339 e. The number of phenols is 1. The van der Waals surface area contributed by atoms with Crippen LogP contribution in [-0.4, -0.2) is 34.5 Å². The van der Waals surface area contributed by atoms with E-state index < -0.39 is 12.1 Å². The van der Waals surface area contributed by atoms with Gasteiger partial charge < -0.3 is 14.7 Å². The molecular weight excluding hydrogens is 318 g/mol. The quantitative estimate of drug-likeness (QED) is 0.851. The number of esters is 1. The van der Waals surface area contributed by atoms with E-state index in [1.54, 1.807) is 35.2 Å². The highest BCUT2D eigenvalue weighted by Crippen LogP contribution is 2.23. The summed E-state index contributed by atoms with van der Waals surface area (Å²) in [6.45, 7) is 2.80. The maximum atomic E-state index is 12.9. The number of hydrogen-bond acceptors (Lipinski definition) is 4. The molecule has 0 aromatic heterocycles. The molecule has 1 aliphatic rings. The number of phenolic OH excluding ortho intramolecular Hbond substituents is 1. The van der Waals surface area contributed by atoms with E-state index in [4.69, 9.17) is 4.74 Å². The van der Waals surface area contributed by atoms with Crippen molar-refractivity contribution in [2.24, 2.45) is 0 Å². The average molecular weight is 339 g/mol. The lowest BCUT2D eigenvalue weighted by atomic mass is 9.98. The molecule has 1 heterocycles. The lowest BCUT2D eigenvalue weighted by Gasteiger charge is -2.30. The van der Waals surface area contributed by atoms with Gasteiger partial charge in [-0.1, -0.05) is 43.3 Å². The van der Waals surface area contributed by atoms with Crippen LogP contribution in [-0.2, 0) is 22.5 Å². The summed E-state index contributed by atoms with van der Waals surface area (Å²) in [6.07, 6.45) is 0.331. The largest absolute Gasteiger partial charge is 0.508 e. The van der Waals surface area contributed by atoms with Gasteiger partial charge in [-0.3, -0.25) is 4.79 Å². The standard InChI is InChI=1S/C20H21NO4/c1-2-11-21(13-15-8-4-6-10-17(15)22)19(23)18-12-14-7-3-5-9-16(14)20(24)25-18/h3-10,18,22H,2,11-13H2,1H3/t18-/m1/s1. The van der Waals surface area contributed by atoms with Crippen LogP contribution in [0.3, 0.4) is 0 Å². The Bertz CT molecular complexity index is 787. The minimum Gasteiger partial charge on any atom is -0.508 e. The van der Waals surface area contributed by atoms with Gasteiger partial charge in [0.25, 0.3) is 5.91 Å². The van der Waals surface area contributed by atoms with Crippen LogP contribution in [0.5, 0.6) is 5.75 Å². The number of rotatable bonds is 5. The van der Waals surface area contributed by atoms with E-state index in [0.29, 0.717) is 24.1 Å². The second-order valence-electron chi connectivity index (χ2n) is 6.14. The number of aromatic hydroxyl groups is 1. The Hall–Kier alpha value is -2.82. The molecule has 5 heteroatoms. The van der Waals surface area contributed by atoms with Crippen molar-refractivity contribution in [3.63, 3.8) is 0 Å². The predicted molar refractivity (Wildman–Crippen MR) is 93.2 cm³/mol. The molecule has 1 N–H and O–H groups in total. The van der Waals surface area contributed by atoms with Crippen molar-refractivity contribution < 1.29 is 19.4 Å². The molecule has 1 amide bonds. The van der Waals surface area contributed by atoms with Gasteiger partial charge in [0, 0.05) is 25.1 Å². The maximum absolute atomic E-state index is 12.9. The molecule has 1 atom stereocenters. The predicted octanol–water partition coefficient (Wildman–Crippen LogP) is 2.91. The summed E-state index contributed by atoms with van der Waals surface area (Å²) in [5.41, 5.74) is 2.03. The molecule has 5 nitrogen and oxygen atoms in total. The molecule has 0 saturated heterocycles. The zero-order valence-electron chi connectivity index (χ0n) is 14.1. The third kappa shape index (κ3) is 3.65. The Morgan fingerprint density at radius 2 is 1.92 bits per heavy atom. The normalized spacial score (nSPS) is 16.0. The molecule has 0 bridgehead atoms. The van der Waals surface area contributed by atoms with Gasteiger partial charge in [0.05, 0.1) is 5.56 Å². The summed E-state index contributed by atoms with van der Waals surface area (Å²) in [6, 6.07) is 14.1. The Balaban J connectivity index is 1.79. The number of amides is 1. The zero-order valence-corrected chi connectivity index (χ0v) is 14.1. The molecule has 0 unspecified atom stereocenters. The van der Waals surface area contributed by atoms with Crippen LogP contribution in [0.1, 0.15) is 34.8 Å². The highest BCUT2D eigenvalue weighted by molar-refractivity contribution is 5.95. The highest BCUT2D eigenvalue weighted by Gasteiger charge is 2.33. The second-order valence-corrected chi connectivity index (χ2v) is 6.14. The number of cyclic esters (lactones) is 1. The molecule has 0 saturated carbocycles. The van der Waals surface area contributed by atoms with Gasteiger partial charge in [-0.05, 0) is 24.1 Å². The van der Waals surface area contributed by atoms with Gasteiger partial charge in [-0.15, -0.1) is 0 Å². The summed E-state index contributed by atoms with van der Waals surface area (Å²) in [7, 11) is 0. The van der Waals surface area contributed by atoms with Gasteiger partial charge in [0.15, 0.2) is 6.10 Å². The fourth-order valence-corrected chi connectivity index (χ4v) is 3.06. The lowest BCUT2D eigenvalue weighted by Crippen LogP contribution is -2.44. The number of fused-ring (bicyclic) bond motifs is 1. The van der Waals surface area contributed by atoms with Crippen LogP contribution < -0.4 is 0 Å². The number of benzene rings is 2. The van der Waals surface area contributed by atoms with Gasteiger partial charge in [-0.25, -0.2) is 4.79 Å². The van der Waals surface area contributed by atoms with Crippen molar-refractivity contribution >= 4 is 11.9 Å². The summed E-state index contributed by atoms with van der Waals surface area (Å²) in [5, 5.41) is 9.97. The average Bonchev–Trinajstić information content (AvgIpc) is 2.62. The number of hydrogen-bond donors (Lipinski definition) is 1. The van der Waals surface area contributed by atoms with Crippen molar-refractivity contribution in [2.75, 3.05) is 6.54 Å². The van der Waals surface area contributed by atoms with Crippen molar-refractivity contribution in [3.05, 3.63) is 65.2 Å². The van der Waals surface area contributed by atoms with E-state index in [1.165, 1.54) is 0 Å². The van der Waals surface area contributed by atoms with Crippen LogP contribution in [0.25, 0.3) is 0 Å². The molecule has 0 fully saturated rings. The van der Waals surface area contributed by atoms with Crippen LogP contribution in [0.4, 0.5) is 0 Å². The van der Waals surface area contributed by atoms with Crippen LogP contribution in [0.15, 0.2) is 48.5 Å². The van der Waals surface area contributed by atoms with E-state index in [-0.39, 0.29) is 18.2 Å². The van der Waals surface area contributed by atoms with Gasteiger partial charge in [0.1, 0.15) is 5.75 Å². The molecular formula is C20H21NO4. The fourth-order valence-electron chi connectivity index (χ4n) is 3.06. The first-order valence-corrected chi connectivity index (χ1v) is 8.44. The summed E-state index contributed by atoms with van der Waals surface area (Å²) in [5.74, 6) is -0.533. The third-order valence-electron chi connectivity index (χ3n) is 4.33. The number of ether oxygens (including phenoxy) is 1. The van der Waals surface area contributed by atoms with E-state index in [0.717, 1.165) is 12.0 Å². The van der Waals surface area contributed by atoms with Crippen molar-refractivity contribution in [2.45, 2.75) is 32.4 Å². The van der Waals surface area contributed by atoms with E-state index >= 15 is 0 Å². The minimum absolute atomic E-state index is 0.155. The Kier molecular flexibility index (Phi) is 5.03. The summed E-state index contributed by atoms with van der Waals surface area (Å²) >= 11 is 0. The minimum atomic E-state index is -0.820. The topological polar surface area (TPSA) is 66.8 Å². The molecule has 2 aromatic carbocycles. The highest BCUT2D eigenvalue weighted by atomic mass is 16.5. The Morgan fingerprint density at radius 1 is 1.20 bits per heavy atom. The molecule has 0 aliphatic carbocycles. The number of para-hydroxylation sites is 1. The van der Waals surface area contributed by atoms with Crippen LogP contribution in [0.2, 0.25) is 0 Å². The van der Waals surface area contributed by atoms with Crippen LogP contribution in [0, 0.1) is 0 Å². The van der Waals surface area contributed by atoms with Gasteiger partial charge in [0.2, 0.25) is 0 Å². The molecule has 130 valence electrons. The van der Waals surface area contributed by atoms with Gasteiger partial charge >= 0.3 is 5.97 Å². The van der Waals surface area contributed by atoms with Crippen LogP contribution >= 0.6 is 0 Å². The first-order valence-electron chi connectivity index (χ1n) is 8.44. The Morgan fingerprint density at radius 3 is 2.68 bits per heavy atom. The monoisotopic (exact) mass is 339 g/mol. The van der Waals surface area contributed by atoms with Crippen molar-refractivity contribution in [3.8, 4) is 5.75 Å². The number of carbonyl (C=O) groups excluding carboxylic acids is 2. The zero-order chi connectivity index (χ0) is 17.8. The first kappa shape index (κ1) is 17.0. The molecule has 2 aromatic rings. The fraction of sp³-hybridized carbons (Fsp3) is 0.300. The molecule has 25 heavy (non-hydrogen) atoms. The summed E-state index contributed by atoms with van der Waals surface area (Å²) in [4.78, 5) is 26.7. The van der Waals surface area contributed by atoms with Crippen molar-refractivity contribution in [1.29, 1.82) is 0 Å². The maximum Gasteiger partial charge on any atom is 0.339 e. The van der Waals surface area contributed by atoms with E-state index in [1.807, 2.05) is 25.1 Å². The Labute approximate surface area is 146 Å².